The molecule has 0 radical (unpaired) electrons. The Bertz CT molecular complexity index is 775. The minimum Gasteiger partial charge on any atom is -0.395 e. The second kappa shape index (κ2) is 8.07. The molecule has 0 saturated carbocycles. The molecule has 5 nitrogen and oxygen atoms in total. The third-order valence-corrected chi connectivity index (χ3v) is 5.18. The minimum atomic E-state index is -3.78. The van der Waals surface area contributed by atoms with Crippen LogP contribution in [0.25, 0.3) is 0 Å². The van der Waals surface area contributed by atoms with E-state index in [-0.39, 0.29) is 21.5 Å². The number of benzene rings is 2. The van der Waals surface area contributed by atoms with Crippen LogP contribution in [0.2, 0.25) is 10.0 Å². The largest absolute Gasteiger partial charge is 0.395 e. The van der Waals surface area contributed by atoms with E-state index >= 15 is 0 Å². The van der Waals surface area contributed by atoms with Crippen LogP contribution in [0.1, 0.15) is 6.92 Å². The summed E-state index contributed by atoms with van der Waals surface area (Å²) in [6, 6.07) is 11.1. The Kier molecular flexibility index (Phi) is 6.34. The van der Waals surface area contributed by atoms with Gasteiger partial charge in [0.1, 0.15) is 0 Å². The first kappa shape index (κ1) is 18.9. The second-order valence-electron chi connectivity index (χ2n) is 5.06. The lowest BCUT2D eigenvalue weighted by molar-refractivity contribution is 0.302. The van der Waals surface area contributed by atoms with Crippen molar-refractivity contribution in [3.63, 3.8) is 0 Å². The van der Waals surface area contributed by atoms with Crippen LogP contribution in [0.4, 0.5) is 11.4 Å². The predicted octanol–water partition coefficient (Wildman–Crippen LogP) is 3.61. The summed E-state index contributed by atoms with van der Waals surface area (Å²) >= 11 is 11.7. The van der Waals surface area contributed by atoms with Gasteiger partial charge in [-0.3, -0.25) is 4.72 Å². The van der Waals surface area contributed by atoms with E-state index in [2.05, 4.69) is 4.72 Å². The molecule has 0 unspecified atom stereocenters. The molecule has 0 aliphatic rings. The fourth-order valence-electron chi connectivity index (χ4n) is 2.23. The van der Waals surface area contributed by atoms with Gasteiger partial charge in [0.25, 0.3) is 10.0 Å². The molecule has 130 valence electrons. The molecule has 8 heteroatoms. The number of sulfonamides is 1. The van der Waals surface area contributed by atoms with Gasteiger partial charge in [-0.25, -0.2) is 8.42 Å². The lowest BCUT2D eigenvalue weighted by Gasteiger charge is -2.22. The van der Waals surface area contributed by atoms with Crippen LogP contribution >= 0.6 is 23.2 Å². The first-order chi connectivity index (χ1) is 11.4. The molecule has 2 aromatic carbocycles. The van der Waals surface area contributed by atoms with E-state index in [9.17, 15) is 8.42 Å². The standard InChI is InChI=1S/C16H18Cl2N2O3S/c1-2-20(7-8-21)15-5-3-14(4-6-15)19-24(22,23)16-10-12(17)9-13(18)11-16/h3-6,9-11,19,21H,2,7-8H2,1H3. The van der Waals surface area contributed by atoms with E-state index < -0.39 is 10.0 Å². The Balaban J connectivity index is 2.21. The topological polar surface area (TPSA) is 69.6 Å². The van der Waals surface area contributed by atoms with E-state index in [1.807, 2.05) is 11.8 Å². The van der Waals surface area contributed by atoms with E-state index in [0.717, 1.165) is 12.2 Å². The number of anilines is 2. The lowest BCUT2D eigenvalue weighted by Crippen LogP contribution is -2.26. The molecule has 2 N–H and O–H groups in total. The third-order valence-electron chi connectivity index (χ3n) is 3.38. The zero-order valence-electron chi connectivity index (χ0n) is 13.0. The Hall–Kier alpha value is -1.47. The summed E-state index contributed by atoms with van der Waals surface area (Å²) < 4.78 is 27.3. The van der Waals surface area contributed by atoms with Gasteiger partial charge in [0.15, 0.2) is 0 Å². The summed E-state index contributed by atoms with van der Waals surface area (Å²) in [5, 5.41) is 9.55. The lowest BCUT2D eigenvalue weighted by atomic mass is 10.2. The Morgan fingerprint density at radius 2 is 1.67 bits per heavy atom. The number of rotatable bonds is 7. The van der Waals surface area contributed by atoms with Crippen LogP contribution in [0.3, 0.4) is 0 Å². The molecule has 0 amide bonds. The van der Waals surface area contributed by atoms with Gasteiger partial charge in [-0.2, -0.15) is 0 Å². The average Bonchev–Trinajstić information content (AvgIpc) is 2.52. The fourth-order valence-corrected chi connectivity index (χ4v) is 4.01. The van der Waals surface area contributed by atoms with Gasteiger partial charge in [0.2, 0.25) is 0 Å². The summed E-state index contributed by atoms with van der Waals surface area (Å²) in [7, 11) is -3.78. The number of hydrogen-bond donors (Lipinski definition) is 2. The summed E-state index contributed by atoms with van der Waals surface area (Å²) in [5.41, 5.74) is 1.33. The first-order valence-electron chi connectivity index (χ1n) is 7.30. The molecule has 0 aliphatic heterocycles. The van der Waals surface area contributed by atoms with Gasteiger partial charge in [0.05, 0.1) is 11.5 Å². The molecular formula is C16H18Cl2N2O3S. The van der Waals surface area contributed by atoms with Gasteiger partial charge < -0.3 is 10.0 Å². The summed E-state index contributed by atoms with van der Waals surface area (Å²) in [4.78, 5) is 1.98. The maximum absolute atomic E-state index is 12.4. The highest BCUT2D eigenvalue weighted by atomic mass is 35.5. The molecule has 0 heterocycles. The molecule has 0 aromatic heterocycles. The highest BCUT2D eigenvalue weighted by Gasteiger charge is 2.16. The fraction of sp³-hybridized carbons (Fsp3) is 0.250. The monoisotopic (exact) mass is 388 g/mol. The Morgan fingerprint density at radius 1 is 1.08 bits per heavy atom. The van der Waals surface area contributed by atoms with Crippen molar-refractivity contribution in [1.82, 2.24) is 0 Å². The maximum Gasteiger partial charge on any atom is 0.261 e. The van der Waals surface area contributed by atoms with Gasteiger partial charge in [-0.05, 0) is 49.4 Å². The Labute approximate surface area is 151 Å². The average molecular weight is 389 g/mol. The number of aliphatic hydroxyl groups is 1. The molecule has 24 heavy (non-hydrogen) atoms. The van der Waals surface area contributed by atoms with Crippen LogP contribution < -0.4 is 9.62 Å². The summed E-state index contributed by atoms with van der Waals surface area (Å²) in [6.07, 6.45) is 0. The maximum atomic E-state index is 12.4. The smallest absolute Gasteiger partial charge is 0.261 e. The van der Waals surface area contributed by atoms with Crippen LogP contribution in [0.15, 0.2) is 47.4 Å². The van der Waals surface area contributed by atoms with Gasteiger partial charge in [0, 0.05) is 34.5 Å². The predicted molar refractivity (Wildman–Crippen MR) is 98.7 cm³/mol. The molecule has 0 atom stereocenters. The van der Waals surface area contributed by atoms with E-state index in [1.165, 1.54) is 18.2 Å². The molecule has 0 fully saturated rings. The summed E-state index contributed by atoms with van der Waals surface area (Å²) in [5.74, 6) is 0. The molecule has 0 bridgehead atoms. The van der Waals surface area contributed by atoms with Crippen molar-refractivity contribution in [2.45, 2.75) is 11.8 Å². The number of aliphatic hydroxyl groups excluding tert-OH is 1. The zero-order valence-corrected chi connectivity index (χ0v) is 15.4. The third kappa shape index (κ3) is 4.77. The van der Waals surface area contributed by atoms with Crippen molar-refractivity contribution in [1.29, 1.82) is 0 Å². The molecule has 0 spiro atoms. The second-order valence-corrected chi connectivity index (χ2v) is 7.62. The summed E-state index contributed by atoms with van der Waals surface area (Å²) in [6.45, 7) is 3.29. The van der Waals surface area contributed by atoms with E-state index in [1.54, 1.807) is 24.3 Å². The highest BCUT2D eigenvalue weighted by molar-refractivity contribution is 7.92. The highest BCUT2D eigenvalue weighted by Crippen LogP contribution is 2.25. The van der Waals surface area contributed by atoms with Crippen LogP contribution in [0.5, 0.6) is 0 Å². The van der Waals surface area contributed by atoms with Crippen molar-refractivity contribution < 1.29 is 13.5 Å². The molecule has 0 saturated heterocycles. The van der Waals surface area contributed by atoms with Gasteiger partial charge in [-0.15, -0.1) is 0 Å². The molecule has 2 rings (SSSR count). The quantitative estimate of drug-likeness (QED) is 0.759. The minimum absolute atomic E-state index is 0.000424. The number of nitrogens with one attached hydrogen (secondary N) is 1. The van der Waals surface area contributed by atoms with Gasteiger partial charge in [-0.1, -0.05) is 23.2 Å². The van der Waals surface area contributed by atoms with E-state index in [4.69, 9.17) is 28.3 Å². The SMILES string of the molecule is CCN(CCO)c1ccc(NS(=O)(=O)c2cc(Cl)cc(Cl)c2)cc1. The van der Waals surface area contributed by atoms with Crippen molar-refractivity contribution in [2.75, 3.05) is 29.3 Å². The Morgan fingerprint density at radius 3 is 2.17 bits per heavy atom. The van der Waals surface area contributed by atoms with Crippen molar-refractivity contribution in [3.05, 3.63) is 52.5 Å². The van der Waals surface area contributed by atoms with Crippen LogP contribution in [-0.4, -0.2) is 33.2 Å². The van der Waals surface area contributed by atoms with Crippen molar-refractivity contribution in [3.8, 4) is 0 Å². The number of likely N-dealkylation sites (N-methyl/N-ethyl adjacent to an activating group) is 1. The van der Waals surface area contributed by atoms with E-state index in [0.29, 0.717) is 12.2 Å². The van der Waals surface area contributed by atoms with Crippen molar-refractivity contribution >= 4 is 44.6 Å². The first-order valence-corrected chi connectivity index (χ1v) is 9.54. The molecular weight excluding hydrogens is 371 g/mol. The number of hydrogen-bond acceptors (Lipinski definition) is 4. The zero-order chi connectivity index (χ0) is 17.7. The van der Waals surface area contributed by atoms with Gasteiger partial charge >= 0.3 is 0 Å². The molecule has 2 aromatic rings. The normalized spacial score (nSPS) is 11.3. The number of nitrogens with zero attached hydrogens (tertiary/aromatic N) is 1. The molecule has 0 aliphatic carbocycles. The van der Waals surface area contributed by atoms with Crippen molar-refractivity contribution in [2.24, 2.45) is 0 Å². The van der Waals surface area contributed by atoms with Crippen LogP contribution in [0, 0.1) is 0 Å². The number of halogens is 2. The van der Waals surface area contributed by atoms with Crippen LogP contribution in [-0.2, 0) is 10.0 Å².